The van der Waals surface area contributed by atoms with E-state index in [1.807, 2.05) is 0 Å². The van der Waals surface area contributed by atoms with Gasteiger partial charge in [0, 0.05) is 0 Å². The maximum absolute atomic E-state index is 13.7. The average molecular weight is 474 g/mol. The van der Waals surface area contributed by atoms with Crippen molar-refractivity contribution in [3.05, 3.63) is 58.8 Å². The number of hydrogen-bond donors (Lipinski definition) is 2. The predicted molar refractivity (Wildman–Crippen MR) is 118 cm³/mol. The Balaban J connectivity index is 1.73. The van der Waals surface area contributed by atoms with Crippen molar-refractivity contribution in [3.8, 4) is 11.5 Å². The molecule has 33 heavy (non-hydrogen) atoms. The molecule has 2 aromatic rings. The third kappa shape index (κ3) is 5.69. The summed E-state index contributed by atoms with van der Waals surface area (Å²) in [6, 6.07) is 10.1. The minimum Gasteiger partial charge on any atom is -0.493 e. The summed E-state index contributed by atoms with van der Waals surface area (Å²) in [6.07, 6.45) is 0.337. The van der Waals surface area contributed by atoms with Gasteiger partial charge in [0.05, 0.1) is 17.7 Å². The van der Waals surface area contributed by atoms with Crippen molar-refractivity contribution in [3.63, 3.8) is 0 Å². The summed E-state index contributed by atoms with van der Waals surface area (Å²) in [5, 5.41) is 10.7. The zero-order chi connectivity index (χ0) is 24.1. The van der Waals surface area contributed by atoms with Crippen molar-refractivity contribution in [2.75, 3.05) is 19.0 Å². The SMILES string of the molecule is COc1cc(/C=C2\SC(=O)N(CC(=O)Nc3ccccc3F)C2=O)ccc1O[C@@H](C)C(=O)O. The molecule has 0 unspecified atom stereocenters. The summed E-state index contributed by atoms with van der Waals surface area (Å²) >= 11 is 0.655. The molecule has 0 aliphatic carbocycles. The molecule has 1 heterocycles. The molecule has 3 amide bonds. The molecule has 1 aliphatic rings. The lowest BCUT2D eigenvalue weighted by Gasteiger charge is -2.14. The fraction of sp³-hybridized carbons (Fsp3) is 0.182. The minimum absolute atomic E-state index is 0.0587. The van der Waals surface area contributed by atoms with Gasteiger partial charge in [-0.05, 0) is 54.6 Å². The molecule has 1 fully saturated rings. The highest BCUT2D eigenvalue weighted by atomic mass is 32.2. The van der Waals surface area contributed by atoms with Crippen LogP contribution in [-0.2, 0) is 14.4 Å². The molecule has 1 atom stereocenters. The van der Waals surface area contributed by atoms with Gasteiger partial charge in [-0.2, -0.15) is 0 Å². The van der Waals surface area contributed by atoms with Gasteiger partial charge in [0.1, 0.15) is 12.4 Å². The summed E-state index contributed by atoms with van der Waals surface area (Å²) in [6.45, 7) is 0.799. The van der Waals surface area contributed by atoms with Gasteiger partial charge in [0.25, 0.3) is 11.1 Å². The van der Waals surface area contributed by atoms with Crippen molar-refractivity contribution >= 4 is 46.5 Å². The number of halogens is 1. The van der Waals surface area contributed by atoms with Crippen LogP contribution in [0.5, 0.6) is 11.5 Å². The van der Waals surface area contributed by atoms with Crippen molar-refractivity contribution in [2.24, 2.45) is 0 Å². The van der Waals surface area contributed by atoms with E-state index in [1.165, 1.54) is 56.5 Å². The normalized spacial score (nSPS) is 15.5. The lowest BCUT2D eigenvalue weighted by Crippen LogP contribution is -2.36. The van der Waals surface area contributed by atoms with Crippen LogP contribution in [-0.4, -0.2) is 52.8 Å². The Bertz CT molecular complexity index is 1150. The second kappa shape index (κ2) is 10.2. The Morgan fingerprint density at radius 2 is 1.94 bits per heavy atom. The smallest absolute Gasteiger partial charge is 0.344 e. The molecule has 172 valence electrons. The lowest BCUT2D eigenvalue weighted by molar-refractivity contribution is -0.144. The third-order valence-electron chi connectivity index (χ3n) is 4.46. The van der Waals surface area contributed by atoms with E-state index >= 15 is 0 Å². The quantitative estimate of drug-likeness (QED) is 0.559. The third-order valence-corrected chi connectivity index (χ3v) is 5.37. The van der Waals surface area contributed by atoms with Crippen LogP contribution >= 0.6 is 11.8 Å². The number of methoxy groups -OCH3 is 1. The number of carboxylic acid groups (broad SMARTS) is 1. The standard InChI is InChI=1S/C22H19FN2O7S/c1-12(21(28)29)32-16-8-7-13(9-17(16)31-2)10-18-20(27)25(22(30)33-18)11-19(26)24-15-6-4-3-5-14(15)23/h3-10,12H,11H2,1-2H3,(H,24,26)(H,28,29)/b18-10-/t12-/m0/s1. The molecular formula is C22H19FN2O7S. The highest BCUT2D eigenvalue weighted by Crippen LogP contribution is 2.34. The molecule has 0 saturated carbocycles. The number of carbonyl (C=O) groups is 4. The highest BCUT2D eigenvalue weighted by molar-refractivity contribution is 8.18. The first-order chi connectivity index (χ1) is 15.7. The minimum atomic E-state index is -1.14. The van der Waals surface area contributed by atoms with Gasteiger partial charge in [-0.1, -0.05) is 18.2 Å². The Labute approximate surface area is 192 Å². The first kappa shape index (κ1) is 23.8. The van der Waals surface area contributed by atoms with E-state index in [0.717, 1.165) is 4.90 Å². The monoisotopic (exact) mass is 474 g/mol. The number of benzene rings is 2. The number of aliphatic carboxylic acids is 1. The molecule has 0 aromatic heterocycles. The van der Waals surface area contributed by atoms with Crippen LogP contribution in [0.3, 0.4) is 0 Å². The van der Waals surface area contributed by atoms with Gasteiger partial charge in [0.2, 0.25) is 5.91 Å². The number of imide groups is 1. The molecule has 9 nitrogen and oxygen atoms in total. The summed E-state index contributed by atoms with van der Waals surface area (Å²) < 4.78 is 24.2. The Morgan fingerprint density at radius 3 is 2.61 bits per heavy atom. The number of ether oxygens (including phenoxy) is 2. The molecular weight excluding hydrogens is 455 g/mol. The Morgan fingerprint density at radius 1 is 1.21 bits per heavy atom. The first-order valence-electron chi connectivity index (χ1n) is 9.57. The first-order valence-corrected chi connectivity index (χ1v) is 10.4. The van der Waals surface area contributed by atoms with E-state index in [2.05, 4.69) is 5.32 Å². The second-order valence-electron chi connectivity index (χ2n) is 6.80. The van der Waals surface area contributed by atoms with E-state index in [0.29, 0.717) is 17.3 Å². The summed E-state index contributed by atoms with van der Waals surface area (Å²) in [7, 11) is 1.37. The number of nitrogens with one attached hydrogen (secondary N) is 1. The average Bonchev–Trinajstić information content (AvgIpc) is 3.03. The number of anilines is 1. The summed E-state index contributed by atoms with van der Waals surface area (Å²) in [5.74, 6) is -2.75. The van der Waals surface area contributed by atoms with Gasteiger partial charge in [0.15, 0.2) is 17.6 Å². The van der Waals surface area contributed by atoms with E-state index in [1.54, 1.807) is 6.07 Å². The molecule has 2 aromatic carbocycles. The molecule has 2 N–H and O–H groups in total. The molecule has 3 rings (SSSR count). The Kier molecular flexibility index (Phi) is 7.34. The fourth-order valence-corrected chi connectivity index (χ4v) is 3.63. The zero-order valence-corrected chi connectivity index (χ0v) is 18.3. The van der Waals surface area contributed by atoms with Crippen LogP contribution in [0.4, 0.5) is 14.9 Å². The Hall–Kier alpha value is -3.86. The molecule has 11 heteroatoms. The van der Waals surface area contributed by atoms with Crippen molar-refractivity contribution in [1.82, 2.24) is 4.90 Å². The van der Waals surface area contributed by atoms with Crippen molar-refractivity contribution in [1.29, 1.82) is 0 Å². The maximum Gasteiger partial charge on any atom is 0.344 e. The number of nitrogens with zero attached hydrogens (tertiary/aromatic N) is 1. The molecule has 0 spiro atoms. The largest absolute Gasteiger partial charge is 0.493 e. The van der Waals surface area contributed by atoms with Crippen LogP contribution in [0, 0.1) is 5.82 Å². The van der Waals surface area contributed by atoms with Gasteiger partial charge >= 0.3 is 5.97 Å². The van der Waals surface area contributed by atoms with Crippen molar-refractivity contribution in [2.45, 2.75) is 13.0 Å². The molecule has 0 bridgehead atoms. The number of hydrogen-bond acceptors (Lipinski definition) is 7. The van der Waals surface area contributed by atoms with E-state index in [-0.39, 0.29) is 22.1 Å². The zero-order valence-electron chi connectivity index (χ0n) is 17.5. The molecule has 1 aliphatic heterocycles. The van der Waals surface area contributed by atoms with Crippen LogP contribution < -0.4 is 14.8 Å². The van der Waals surface area contributed by atoms with Crippen LogP contribution in [0.25, 0.3) is 6.08 Å². The van der Waals surface area contributed by atoms with Crippen LogP contribution in [0.1, 0.15) is 12.5 Å². The number of thioether (sulfide) groups is 1. The summed E-state index contributed by atoms with van der Waals surface area (Å²) in [5.41, 5.74) is 0.431. The maximum atomic E-state index is 13.7. The number of rotatable bonds is 8. The van der Waals surface area contributed by atoms with Crippen molar-refractivity contribution < 1.29 is 38.1 Å². The molecule has 0 radical (unpaired) electrons. The fourth-order valence-electron chi connectivity index (χ4n) is 2.80. The van der Waals surface area contributed by atoms with E-state index in [4.69, 9.17) is 14.6 Å². The van der Waals surface area contributed by atoms with Gasteiger partial charge < -0.3 is 19.9 Å². The van der Waals surface area contributed by atoms with Gasteiger partial charge in [-0.3, -0.25) is 19.3 Å². The van der Waals surface area contributed by atoms with Crippen LogP contribution in [0.15, 0.2) is 47.4 Å². The number of amides is 3. The summed E-state index contributed by atoms with van der Waals surface area (Å²) in [4.78, 5) is 49.0. The second-order valence-corrected chi connectivity index (χ2v) is 7.80. The lowest BCUT2D eigenvalue weighted by atomic mass is 10.1. The van der Waals surface area contributed by atoms with Gasteiger partial charge in [-0.15, -0.1) is 0 Å². The van der Waals surface area contributed by atoms with Crippen LogP contribution in [0.2, 0.25) is 0 Å². The number of carboxylic acids is 1. The number of para-hydroxylation sites is 1. The molecule has 1 saturated heterocycles. The topological polar surface area (TPSA) is 122 Å². The van der Waals surface area contributed by atoms with E-state index < -0.39 is 41.5 Å². The van der Waals surface area contributed by atoms with Gasteiger partial charge in [-0.25, -0.2) is 9.18 Å². The van der Waals surface area contributed by atoms with E-state index in [9.17, 15) is 23.6 Å². The highest BCUT2D eigenvalue weighted by Gasteiger charge is 2.36. The number of carbonyl (C=O) groups excluding carboxylic acids is 3. The predicted octanol–water partition coefficient (Wildman–Crippen LogP) is 3.36.